The largest absolute Gasteiger partial charge is 0.493 e. The van der Waals surface area contributed by atoms with Crippen molar-refractivity contribution < 1.29 is 9.47 Å². The molecule has 0 bridgehead atoms. The molecular formula is C25H34N4O2. The highest BCUT2D eigenvalue weighted by Crippen LogP contribution is 2.34. The molecule has 6 heteroatoms. The quantitative estimate of drug-likeness (QED) is 0.663. The fraction of sp³-hybridized carbons (Fsp3) is 0.480. The topological polar surface area (TPSA) is 74.8 Å². The Morgan fingerprint density at radius 1 is 1.13 bits per heavy atom. The standard InChI is InChI=1S/C25H34N4O2/c1-19(9-12-26)28-13-10-22(11-14-28)29(18-21-6-4-5-20(15-21)17-27)23-7-8-24(30-2)25(16-23)31-3/h4-8,15-16,19,22H,9-14,18,26H2,1-3H3. The van der Waals surface area contributed by atoms with Crippen LogP contribution in [0.25, 0.3) is 0 Å². The summed E-state index contributed by atoms with van der Waals surface area (Å²) < 4.78 is 11.0. The molecule has 1 heterocycles. The third-order valence-corrected chi connectivity index (χ3v) is 6.26. The molecule has 166 valence electrons. The van der Waals surface area contributed by atoms with Crippen molar-refractivity contribution in [3.8, 4) is 17.6 Å². The third kappa shape index (κ3) is 5.69. The lowest BCUT2D eigenvalue weighted by Crippen LogP contribution is -2.47. The second kappa shape index (κ2) is 11.0. The van der Waals surface area contributed by atoms with Crippen molar-refractivity contribution in [3.05, 3.63) is 53.6 Å². The van der Waals surface area contributed by atoms with Crippen LogP contribution in [0.1, 0.15) is 37.3 Å². The van der Waals surface area contributed by atoms with Gasteiger partial charge in [-0.2, -0.15) is 5.26 Å². The van der Waals surface area contributed by atoms with Gasteiger partial charge in [-0.05, 0) is 62.6 Å². The van der Waals surface area contributed by atoms with Crippen molar-refractivity contribution in [2.24, 2.45) is 5.73 Å². The van der Waals surface area contributed by atoms with Crippen LogP contribution < -0.4 is 20.1 Å². The van der Waals surface area contributed by atoms with Gasteiger partial charge in [0.15, 0.2) is 11.5 Å². The molecule has 1 atom stereocenters. The number of nitrogens with zero attached hydrogens (tertiary/aromatic N) is 3. The summed E-state index contributed by atoms with van der Waals surface area (Å²) in [5.41, 5.74) is 8.70. The average Bonchev–Trinajstić information content (AvgIpc) is 2.82. The molecule has 0 aliphatic carbocycles. The molecular weight excluding hydrogens is 388 g/mol. The molecule has 0 amide bonds. The van der Waals surface area contributed by atoms with Gasteiger partial charge in [-0.25, -0.2) is 0 Å². The fourth-order valence-corrected chi connectivity index (χ4v) is 4.43. The molecule has 1 fully saturated rings. The zero-order chi connectivity index (χ0) is 22.2. The van der Waals surface area contributed by atoms with Crippen LogP contribution in [0.2, 0.25) is 0 Å². The first-order valence-corrected chi connectivity index (χ1v) is 11.0. The van der Waals surface area contributed by atoms with Crippen LogP contribution >= 0.6 is 0 Å². The van der Waals surface area contributed by atoms with E-state index >= 15 is 0 Å². The number of nitriles is 1. The Labute approximate surface area is 186 Å². The van der Waals surface area contributed by atoms with Crippen molar-refractivity contribution in [3.63, 3.8) is 0 Å². The summed E-state index contributed by atoms with van der Waals surface area (Å²) in [6, 6.07) is 17.2. The van der Waals surface area contributed by atoms with Crippen molar-refractivity contribution in [1.82, 2.24) is 4.90 Å². The van der Waals surface area contributed by atoms with E-state index in [1.165, 1.54) is 0 Å². The van der Waals surface area contributed by atoms with E-state index in [1.807, 2.05) is 24.3 Å². The Hall–Kier alpha value is -2.75. The van der Waals surface area contributed by atoms with Crippen molar-refractivity contribution in [2.75, 3.05) is 38.8 Å². The molecule has 0 aromatic heterocycles. The zero-order valence-corrected chi connectivity index (χ0v) is 18.9. The summed E-state index contributed by atoms with van der Waals surface area (Å²) in [5.74, 6) is 1.45. The van der Waals surface area contributed by atoms with E-state index in [1.54, 1.807) is 14.2 Å². The lowest BCUT2D eigenvalue weighted by Gasteiger charge is -2.42. The van der Waals surface area contributed by atoms with Crippen LogP contribution in [0, 0.1) is 11.3 Å². The van der Waals surface area contributed by atoms with E-state index in [9.17, 15) is 5.26 Å². The molecule has 2 N–H and O–H groups in total. The van der Waals surface area contributed by atoms with E-state index in [0.29, 0.717) is 17.6 Å². The molecule has 6 nitrogen and oxygen atoms in total. The normalized spacial score (nSPS) is 15.8. The van der Waals surface area contributed by atoms with E-state index in [4.69, 9.17) is 15.2 Å². The van der Waals surface area contributed by atoms with E-state index in [0.717, 1.165) is 68.2 Å². The first kappa shape index (κ1) is 22.9. The Bertz CT molecular complexity index is 887. The van der Waals surface area contributed by atoms with E-state index in [2.05, 4.69) is 41.0 Å². The van der Waals surface area contributed by atoms with Crippen LogP contribution in [0.5, 0.6) is 11.5 Å². The summed E-state index contributed by atoms with van der Waals surface area (Å²) in [6.45, 7) is 5.87. The highest BCUT2D eigenvalue weighted by Gasteiger charge is 2.27. The Balaban J connectivity index is 1.85. The molecule has 1 aliphatic rings. The molecule has 1 saturated heterocycles. The van der Waals surface area contributed by atoms with Gasteiger partial charge in [0.2, 0.25) is 0 Å². The van der Waals surface area contributed by atoms with Gasteiger partial charge in [-0.1, -0.05) is 12.1 Å². The molecule has 1 unspecified atom stereocenters. The highest BCUT2D eigenvalue weighted by molar-refractivity contribution is 5.57. The highest BCUT2D eigenvalue weighted by atomic mass is 16.5. The first-order valence-electron chi connectivity index (χ1n) is 11.0. The second-order valence-corrected chi connectivity index (χ2v) is 8.17. The molecule has 0 spiro atoms. The summed E-state index contributed by atoms with van der Waals surface area (Å²) in [7, 11) is 3.32. The number of piperidine rings is 1. The van der Waals surface area contributed by atoms with Gasteiger partial charge in [-0.3, -0.25) is 0 Å². The van der Waals surface area contributed by atoms with Crippen LogP contribution in [0.3, 0.4) is 0 Å². The van der Waals surface area contributed by atoms with Gasteiger partial charge < -0.3 is 25.0 Å². The van der Waals surface area contributed by atoms with E-state index in [-0.39, 0.29) is 0 Å². The lowest BCUT2D eigenvalue weighted by atomic mass is 9.99. The summed E-state index contributed by atoms with van der Waals surface area (Å²) in [5, 5.41) is 9.30. The van der Waals surface area contributed by atoms with Crippen LogP contribution in [0.15, 0.2) is 42.5 Å². The summed E-state index contributed by atoms with van der Waals surface area (Å²) in [4.78, 5) is 5.00. The van der Waals surface area contributed by atoms with E-state index < -0.39 is 0 Å². The predicted octanol–water partition coefficient (Wildman–Crippen LogP) is 3.78. The molecule has 0 radical (unpaired) electrons. The van der Waals surface area contributed by atoms with Crippen LogP contribution in [-0.2, 0) is 6.54 Å². The van der Waals surface area contributed by atoms with Crippen LogP contribution in [0.4, 0.5) is 5.69 Å². The number of benzene rings is 2. The maximum atomic E-state index is 9.30. The van der Waals surface area contributed by atoms with Gasteiger partial charge >= 0.3 is 0 Å². The molecule has 0 saturated carbocycles. The summed E-state index contributed by atoms with van der Waals surface area (Å²) >= 11 is 0. The van der Waals surface area contributed by atoms with Gasteiger partial charge in [0.05, 0.1) is 25.9 Å². The Kier molecular flexibility index (Phi) is 8.16. The van der Waals surface area contributed by atoms with Gasteiger partial charge in [-0.15, -0.1) is 0 Å². The maximum absolute atomic E-state index is 9.30. The van der Waals surface area contributed by atoms with Gasteiger partial charge in [0.1, 0.15) is 0 Å². The first-order chi connectivity index (χ1) is 15.1. The smallest absolute Gasteiger partial charge is 0.162 e. The number of anilines is 1. The van der Waals surface area contributed by atoms with Gasteiger partial charge in [0.25, 0.3) is 0 Å². The zero-order valence-electron chi connectivity index (χ0n) is 18.9. The number of ether oxygens (including phenoxy) is 2. The average molecular weight is 423 g/mol. The van der Waals surface area contributed by atoms with Crippen molar-refractivity contribution in [2.45, 2.75) is 44.8 Å². The molecule has 2 aromatic carbocycles. The fourth-order valence-electron chi connectivity index (χ4n) is 4.43. The SMILES string of the molecule is COc1ccc(N(Cc2cccc(C#N)c2)C2CCN(C(C)CCN)CC2)cc1OC. The lowest BCUT2D eigenvalue weighted by molar-refractivity contribution is 0.154. The number of likely N-dealkylation sites (tertiary alicyclic amines) is 1. The Morgan fingerprint density at radius 2 is 1.87 bits per heavy atom. The minimum atomic E-state index is 0.408. The van der Waals surface area contributed by atoms with Crippen molar-refractivity contribution in [1.29, 1.82) is 5.26 Å². The number of rotatable bonds is 9. The molecule has 3 rings (SSSR count). The summed E-state index contributed by atoms with van der Waals surface area (Å²) in [6.07, 6.45) is 3.20. The van der Waals surface area contributed by atoms with Crippen molar-refractivity contribution >= 4 is 5.69 Å². The Morgan fingerprint density at radius 3 is 2.52 bits per heavy atom. The van der Waals surface area contributed by atoms with Gasteiger partial charge in [0, 0.05) is 43.5 Å². The number of hydrogen-bond donors (Lipinski definition) is 1. The van der Waals surface area contributed by atoms with Crippen LogP contribution in [-0.4, -0.2) is 50.8 Å². The number of hydrogen-bond acceptors (Lipinski definition) is 6. The molecule has 2 aromatic rings. The number of nitrogens with two attached hydrogens (primary N) is 1. The molecule has 1 aliphatic heterocycles. The second-order valence-electron chi connectivity index (χ2n) is 8.17. The minimum Gasteiger partial charge on any atom is -0.493 e. The third-order valence-electron chi connectivity index (χ3n) is 6.26. The minimum absolute atomic E-state index is 0.408. The maximum Gasteiger partial charge on any atom is 0.162 e. The number of methoxy groups -OCH3 is 2. The molecule has 31 heavy (non-hydrogen) atoms. The predicted molar refractivity (Wildman–Crippen MR) is 125 cm³/mol. The monoisotopic (exact) mass is 422 g/mol.